The third kappa shape index (κ3) is 2.95. The Morgan fingerprint density at radius 2 is 1.81 bits per heavy atom. The fourth-order valence-corrected chi connectivity index (χ4v) is 2.29. The van der Waals surface area contributed by atoms with Crippen LogP contribution in [0.4, 0.5) is 13.2 Å². The molecule has 2 aromatic rings. The van der Waals surface area contributed by atoms with E-state index in [0.29, 0.717) is 23.7 Å². The van der Waals surface area contributed by atoms with Crippen LogP contribution in [-0.2, 0) is 6.54 Å². The highest BCUT2D eigenvalue weighted by molar-refractivity contribution is 5.65. The lowest BCUT2D eigenvalue weighted by atomic mass is 10.0. The van der Waals surface area contributed by atoms with Crippen molar-refractivity contribution in [3.8, 4) is 11.1 Å². The SMILES string of the molecule is Cc1ccc(-c2ccc(F)c(CNC3CC3)c2)c(F)c1F. The first-order valence-corrected chi connectivity index (χ1v) is 7.03. The van der Waals surface area contributed by atoms with Gasteiger partial charge in [-0.15, -0.1) is 0 Å². The zero-order chi connectivity index (χ0) is 15.0. The van der Waals surface area contributed by atoms with Gasteiger partial charge < -0.3 is 5.32 Å². The van der Waals surface area contributed by atoms with Crippen molar-refractivity contribution in [1.29, 1.82) is 0 Å². The minimum atomic E-state index is -0.886. The molecule has 3 rings (SSSR count). The van der Waals surface area contributed by atoms with Crippen LogP contribution >= 0.6 is 0 Å². The first-order chi connectivity index (χ1) is 10.1. The van der Waals surface area contributed by atoms with Crippen molar-refractivity contribution in [3.63, 3.8) is 0 Å². The molecule has 4 heteroatoms. The van der Waals surface area contributed by atoms with E-state index >= 15 is 0 Å². The number of hydrogen-bond donors (Lipinski definition) is 1. The minimum Gasteiger partial charge on any atom is -0.310 e. The van der Waals surface area contributed by atoms with Gasteiger partial charge >= 0.3 is 0 Å². The van der Waals surface area contributed by atoms with Crippen LogP contribution in [0.5, 0.6) is 0 Å². The normalized spacial score (nSPS) is 14.5. The van der Waals surface area contributed by atoms with E-state index in [0.717, 1.165) is 12.8 Å². The zero-order valence-electron chi connectivity index (χ0n) is 11.7. The van der Waals surface area contributed by atoms with Gasteiger partial charge in [0.25, 0.3) is 0 Å². The molecule has 1 nitrogen and oxygen atoms in total. The van der Waals surface area contributed by atoms with Crippen molar-refractivity contribution in [2.24, 2.45) is 0 Å². The Balaban J connectivity index is 1.94. The second-order valence-corrected chi connectivity index (χ2v) is 5.52. The van der Waals surface area contributed by atoms with Crippen LogP contribution in [0.25, 0.3) is 11.1 Å². The Labute approximate surface area is 121 Å². The highest BCUT2D eigenvalue weighted by Gasteiger charge is 2.21. The fourth-order valence-electron chi connectivity index (χ4n) is 2.29. The first kappa shape index (κ1) is 14.1. The van der Waals surface area contributed by atoms with Gasteiger partial charge in [0.1, 0.15) is 5.82 Å². The highest BCUT2D eigenvalue weighted by Crippen LogP contribution is 2.28. The lowest BCUT2D eigenvalue weighted by Crippen LogP contribution is -2.16. The molecular weight excluding hydrogens is 275 g/mol. The second-order valence-electron chi connectivity index (χ2n) is 5.52. The summed E-state index contributed by atoms with van der Waals surface area (Å²) in [5.41, 5.74) is 1.37. The predicted octanol–water partition coefficient (Wildman–Crippen LogP) is 4.33. The zero-order valence-corrected chi connectivity index (χ0v) is 11.7. The molecule has 0 bridgehead atoms. The van der Waals surface area contributed by atoms with Crippen LogP contribution in [0.2, 0.25) is 0 Å². The Bertz CT molecular complexity index is 678. The molecule has 1 fully saturated rings. The second kappa shape index (κ2) is 5.53. The van der Waals surface area contributed by atoms with Gasteiger partial charge in [-0.3, -0.25) is 0 Å². The van der Waals surface area contributed by atoms with E-state index in [2.05, 4.69) is 5.32 Å². The van der Waals surface area contributed by atoms with Crippen LogP contribution in [0.15, 0.2) is 30.3 Å². The van der Waals surface area contributed by atoms with Gasteiger partial charge in [0.15, 0.2) is 11.6 Å². The fraction of sp³-hybridized carbons (Fsp3) is 0.294. The summed E-state index contributed by atoms with van der Waals surface area (Å²) in [6.45, 7) is 1.91. The molecular formula is C17H16F3N. The monoisotopic (exact) mass is 291 g/mol. The van der Waals surface area contributed by atoms with Crippen molar-refractivity contribution >= 4 is 0 Å². The standard InChI is InChI=1S/C17H16F3N/c1-10-2-6-14(17(20)16(10)19)11-3-7-15(18)12(8-11)9-21-13-4-5-13/h2-3,6-8,13,21H,4-5,9H2,1H3. The van der Waals surface area contributed by atoms with Crippen molar-refractivity contribution in [3.05, 3.63) is 58.9 Å². The molecule has 0 aromatic heterocycles. The summed E-state index contributed by atoms with van der Waals surface area (Å²) < 4.78 is 41.5. The number of nitrogens with one attached hydrogen (secondary N) is 1. The number of hydrogen-bond acceptors (Lipinski definition) is 1. The molecule has 0 atom stereocenters. The van der Waals surface area contributed by atoms with Gasteiger partial charge in [-0.25, -0.2) is 13.2 Å². The molecule has 0 radical (unpaired) electrons. The average molecular weight is 291 g/mol. The van der Waals surface area contributed by atoms with Crippen LogP contribution in [0.1, 0.15) is 24.0 Å². The Morgan fingerprint density at radius 1 is 1.05 bits per heavy atom. The summed E-state index contributed by atoms with van der Waals surface area (Å²) in [5.74, 6) is -2.07. The van der Waals surface area contributed by atoms with E-state index in [4.69, 9.17) is 0 Å². The Hall–Kier alpha value is -1.81. The molecule has 0 spiro atoms. The number of benzene rings is 2. The van der Waals surface area contributed by atoms with Crippen molar-refractivity contribution in [2.45, 2.75) is 32.4 Å². The number of rotatable bonds is 4. The number of halogens is 3. The van der Waals surface area contributed by atoms with Crippen molar-refractivity contribution in [2.75, 3.05) is 0 Å². The maximum atomic E-state index is 14.0. The third-order valence-electron chi connectivity index (χ3n) is 3.79. The lowest BCUT2D eigenvalue weighted by molar-refractivity contribution is 0.505. The largest absolute Gasteiger partial charge is 0.310 e. The van der Waals surface area contributed by atoms with Crippen LogP contribution < -0.4 is 5.32 Å². The molecule has 1 N–H and O–H groups in total. The van der Waals surface area contributed by atoms with Gasteiger partial charge in [-0.05, 0) is 43.0 Å². The van der Waals surface area contributed by atoms with Crippen LogP contribution in [0.3, 0.4) is 0 Å². The summed E-state index contributed by atoms with van der Waals surface area (Å²) in [6, 6.07) is 7.87. The summed E-state index contributed by atoms with van der Waals surface area (Å²) in [7, 11) is 0. The molecule has 0 amide bonds. The molecule has 1 aliphatic carbocycles. The Morgan fingerprint density at radius 3 is 2.52 bits per heavy atom. The number of aryl methyl sites for hydroxylation is 1. The van der Waals surface area contributed by atoms with E-state index in [9.17, 15) is 13.2 Å². The van der Waals surface area contributed by atoms with Crippen LogP contribution in [0, 0.1) is 24.4 Å². The van der Waals surface area contributed by atoms with Gasteiger partial charge in [0.2, 0.25) is 0 Å². The maximum absolute atomic E-state index is 14.0. The summed E-state index contributed by atoms with van der Waals surface area (Å²) in [5, 5.41) is 3.22. The van der Waals surface area contributed by atoms with Gasteiger partial charge in [-0.2, -0.15) is 0 Å². The van der Waals surface area contributed by atoms with E-state index in [1.165, 1.54) is 31.2 Å². The molecule has 21 heavy (non-hydrogen) atoms. The van der Waals surface area contributed by atoms with Crippen molar-refractivity contribution in [1.82, 2.24) is 5.32 Å². The lowest BCUT2D eigenvalue weighted by Gasteiger charge is -2.10. The van der Waals surface area contributed by atoms with E-state index in [1.807, 2.05) is 0 Å². The molecule has 110 valence electrons. The smallest absolute Gasteiger partial charge is 0.166 e. The van der Waals surface area contributed by atoms with E-state index < -0.39 is 11.6 Å². The molecule has 1 aliphatic rings. The molecule has 0 heterocycles. The Kier molecular flexibility index (Phi) is 3.72. The first-order valence-electron chi connectivity index (χ1n) is 7.03. The van der Waals surface area contributed by atoms with Gasteiger partial charge in [0.05, 0.1) is 0 Å². The molecule has 0 unspecified atom stereocenters. The van der Waals surface area contributed by atoms with E-state index in [-0.39, 0.29) is 16.9 Å². The molecule has 0 saturated heterocycles. The van der Waals surface area contributed by atoms with Gasteiger partial charge in [0, 0.05) is 23.7 Å². The topological polar surface area (TPSA) is 12.0 Å². The van der Waals surface area contributed by atoms with Crippen LogP contribution in [-0.4, -0.2) is 6.04 Å². The maximum Gasteiger partial charge on any atom is 0.166 e. The summed E-state index contributed by atoms with van der Waals surface area (Å²) in [6.07, 6.45) is 2.22. The van der Waals surface area contributed by atoms with Gasteiger partial charge in [-0.1, -0.05) is 18.2 Å². The highest BCUT2D eigenvalue weighted by atomic mass is 19.2. The third-order valence-corrected chi connectivity index (χ3v) is 3.79. The minimum absolute atomic E-state index is 0.158. The average Bonchev–Trinajstić information content (AvgIpc) is 3.29. The quantitative estimate of drug-likeness (QED) is 0.884. The summed E-state index contributed by atoms with van der Waals surface area (Å²) >= 11 is 0. The molecule has 1 saturated carbocycles. The molecule has 2 aromatic carbocycles. The predicted molar refractivity (Wildman–Crippen MR) is 76.4 cm³/mol. The summed E-state index contributed by atoms with van der Waals surface area (Å²) in [4.78, 5) is 0. The van der Waals surface area contributed by atoms with Crippen molar-refractivity contribution < 1.29 is 13.2 Å². The molecule has 0 aliphatic heterocycles. The van der Waals surface area contributed by atoms with E-state index in [1.54, 1.807) is 6.07 Å².